The fourth-order valence-electron chi connectivity index (χ4n) is 2.94. The van der Waals surface area contributed by atoms with Crippen molar-refractivity contribution in [3.63, 3.8) is 0 Å². The smallest absolute Gasteiger partial charge is 0.167 e. The molecule has 2 unspecified atom stereocenters. The Morgan fingerprint density at radius 3 is 2.40 bits per heavy atom. The van der Waals surface area contributed by atoms with Crippen LogP contribution in [0.2, 0.25) is 0 Å². The Bertz CT molecular complexity index is 509. The van der Waals surface area contributed by atoms with Crippen molar-refractivity contribution < 1.29 is 0 Å². The maximum atomic E-state index is 9.47. The van der Waals surface area contributed by atoms with Gasteiger partial charge in [-0.1, -0.05) is 40.2 Å². The molecule has 0 amide bonds. The van der Waals surface area contributed by atoms with Crippen LogP contribution in [0.25, 0.3) is 4.85 Å². The van der Waals surface area contributed by atoms with E-state index in [-0.39, 0.29) is 17.8 Å². The van der Waals surface area contributed by atoms with Gasteiger partial charge in [0.05, 0.1) is 18.2 Å². The number of hydrogen-bond acceptors (Lipinski definition) is 2. The topological polar surface area (TPSA) is 54.2 Å². The molecule has 0 spiro atoms. The van der Waals surface area contributed by atoms with Crippen molar-refractivity contribution in [2.24, 2.45) is 29.4 Å². The van der Waals surface area contributed by atoms with Crippen LogP contribution in [0.4, 0.5) is 0 Å². The predicted octanol–water partition coefficient (Wildman–Crippen LogP) is 4.25. The molecule has 3 heteroatoms. The van der Waals surface area contributed by atoms with Crippen molar-refractivity contribution in [3.05, 3.63) is 34.0 Å². The van der Waals surface area contributed by atoms with Crippen LogP contribution in [0.1, 0.15) is 47.5 Å². The lowest BCUT2D eigenvalue weighted by atomic mass is 9.74. The molecule has 20 heavy (non-hydrogen) atoms. The molecule has 0 fully saturated rings. The highest BCUT2D eigenvalue weighted by molar-refractivity contribution is 5.36. The van der Waals surface area contributed by atoms with Gasteiger partial charge in [-0.25, -0.2) is 4.85 Å². The molecule has 0 radical (unpaired) electrons. The van der Waals surface area contributed by atoms with E-state index in [0.717, 1.165) is 24.1 Å². The zero-order valence-electron chi connectivity index (χ0n) is 13.2. The normalized spacial score (nSPS) is 24.4. The van der Waals surface area contributed by atoms with Crippen LogP contribution in [0.5, 0.6) is 0 Å². The molecular formula is C17H25N3. The third kappa shape index (κ3) is 3.23. The summed E-state index contributed by atoms with van der Waals surface area (Å²) >= 11 is 0. The molecule has 0 saturated heterocycles. The molecular weight excluding hydrogens is 246 g/mol. The third-order valence-electron chi connectivity index (χ3n) is 4.18. The van der Waals surface area contributed by atoms with Gasteiger partial charge in [-0.05, 0) is 36.5 Å². The standard InChI is InChI=1S/C17H25N3/c1-10(2)14-8-13(7-12(5)17(14)20-6)15(9-18)16(19)11(3)4/h10-13H,7-8,19H2,1-5H3/b16-15-. The maximum Gasteiger partial charge on any atom is 0.167 e. The fourth-order valence-corrected chi connectivity index (χ4v) is 2.94. The summed E-state index contributed by atoms with van der Waals surface area (Å²) in [7, 11) is 0. The summed E-state index contributed by atoms with van der Waals surface area (Å²) in [4.78, 5) is 3.73. The van der Waals surface area contributed by atoms with Gasteiger partial charge in [0.1, 0.15) is 0 Å². The Hall–Kier alpha value is -1.74. The van der Waals surface area contributed by atoms with E-state index in [4.69, 9.17) is 12.3 Å². The third-order valence-corrected chi connectivity index (χ3v) is 4.18. The summed E-state index contributed by atoms with van der Waals surface area (Å²) in [6.45, 7) is 17.8. The van der Waals surface area contributed by atoms with Crippen molar-refractivity contribution in [1.29, 1.82) is 5.26 Å². The van der Waals surface area contributed by atoms with Crippen molar-refractivity contribution in [2.75, 3.05) is 0 Å². The van der Waals surface area contributed by atoms with Gasteiger partial charge in [-0.2, -0.15) is 5.26 Å². The molecule has 0 saturated carbocycles. The number of allylic oxidation sites excluding steroid dienone is 4. The Kier molecular flexibility index (Phi) is 5.40. The van der Waals surface area contributed by atoms with Gasteiger partial charge in [0, 0.05) is 5.70 Å². The van der Waals surface area contributed by atoms with E-state index in [1.54, 1.807) is 0 Å². The second-order valence-electron chi connectivity index (χ2n) is 6.35. The first-order valence-electron chi connectivity index (χ1n) is 7.33. The van der Waals surface area contributed by atoms with Gasteiger partial charge in [0.25, 0.3) is 0 Å². The highest BCUT2D eigenvalue weighted by Crippen LogP contribution is 2.41. The van der Waals surface area contributed by atoms with E-state index in [1.807, 2.05) is 13.8 Å². The van der Waals surface area contributed by atoms with Crippen molar-refractivity contribution in [2.45, 2.75) is 47.5 Å². The minimum Gasteiger partial charge on any atom is -0.401 e. The number of rotatable bonds is 3. The van der Waals surface area contributed by atoms with E-state index in [0.29, 0.717) is 11.6 Å². The van der Waals surface area contributed by atoms with Gasteiger partial charge in [-0.15, -0.1) is 0 Å². The maximum absolute atomic E-state index is 9.47. The minimum absolute atomic E-state index is 0.167. The first kappa shape index (κ1) is 16.3. The molecule has 0 aromatic rings. The Morgan fingerprint density at radius 2 is 2.00 bits per heavy atom. The molecule has 1 aliphatic carbocycles. The lowest BCUT2D eigenvalue weighted by Gasteiger charge is -2.31. The largest absolute Gasteiger partial charge is 0.401 e. The van der Waals surface area contributed by atoms with E-state index in [2.05, 4.69) is 31.7 Å². The highest BCUT2D eigenvalue weighted by atomic mass is 14.7. The summed E-state index contributed by atoms with van der Waals surface area (Å²) in [5.41, 5.74) is 9.66. The van der Waals surface area contributed by atoms with Crippen LogP contribution in [0, 0.1) is 41.6 Å². The number of hydrogen-bond donors (Lipinski definition) is 1. The molecule has 0 aromatic heterocycles. The average molecular weight is 271 g/mol. The Labute approximate surface area is 123 Å². The molecule has 108 valence electrons. The van der Waals surface area contributed by atoms with Crippen LogP contribution in [-0.2, 0) is 0 Å². The SMILES string of the molecule is [C-]#[N+]C1=C(C(C)C)CC(/C(C#N)=C(\N)C(C)C)CC1C. The first-order chi connectivity index (χ1) is 9.33. The van der Waals surface area contributed by atoms with Crippen molar-refractivity contribution in [1.82, 2.24) is 0 Å². The molecule has 0 aromatic carbocycles. The van der Waals surface area contributed by atoms with Gasteiger partial charge in [0.2, 0.25) is 0 Å². The van der Waals surface area contributed by atoms with E-state index >= 15 is 0 Å². The quantitative estimate of drug-likeness (QED) is 0.616. The van der Waals surface area contributed by atoms with Crippen LogP contribution < -0.4 is 5.73 Å². The minimum atomic E-state index is 0.167. The Balaban J connectivity index is 3.22. The number of nitrogens with two attached hydrogens (primary N) is 1. The molecule has 0 bridgehead atoms. The molecule has 0 heterocycles. The molecule has 0 aliphatic heterocycles. The first-order valence-corrected chi connectivity index (χ1v) is 7.33. The monoisotopic (exact) mass is 271 g/mol. The lowest BCUT2D eigenvalue weighted by Crippen LogP contribution is -2.23. The van der Waals surface area contributed by atoms with Gasteiger partial charge >= 0.3 is 0 Å². The fraction of sp³-hybridized carbons (Fsp3) is 0.647. The lowest BCUT2D eigenvalue weighted by molar-refractivity contribution is 0.421. The molecule has 2 atom stereocenters. The van der Waals surface area contributed by atoms with Gasteiger partial charge < -0.3 is 5.73 Å². The zero-order valence-corrected chi connectivity index (χ0v) is 13.2. The molecule has 1 rings (SSSR count). The van der Waals surface area contributed by atoms with Gasteiger partial charge in [-0.3, -0.25) is 0 Å². The van der Waals surface area contributed by atoms with Gasteiger partial charge in [0.15, 0.2) is 5.70 Å². The van der Waals surface area contributed by atoms with Crippen LogP contribution in [0.3, 0.4) is 0 Å². The van der Waals surface area contributed by atoms with Crippen LogP contribution in [0.15, 0.2) is 22.5 Å². The van der Waals surface area contributed by atoms with Crippen molar-refractivity contribution >= 4 is 0 Å². The molecule has 1 aliphatic rings. The number of nitrogens with zero attached hydrogens (tertiary/aromatic N) is 2. The summed E-state index contributed by atoms with van der Waals surface area (Å²) < 4.78 is 0. The van der Waals surface area contributed by atoms with E-state index < -0.39 is 0 Å². The average Bonchev–Trinajstić information content (AvgIpc) is 2.38. The van der Waals surface area contributed by atoms with E-state index in [9.17, 15) is 5.26 Å². The molecule has 2 N–H and O–H groups in total. The molecule has 3 nitrogen and oxygen atoms in total. The summed E-state index contributed by atoms with van der Waals surface area (Å²) in [6.07, 6.45) is 1.65. The van der Waals surface area contributed by atoms with E-state index in [1.165, 1.54) is 5.57 Å². The second-order valence-corrected chi connectivity index (χ2v) is 6.35. The van der Waals surface area contributed by atoms with Crippen LogP contribution >= 0.6 is 0 Å². The predicted molar refractivity (Wildman–Crippen MR) is 82.0 cm³/mol. The van der Waals surface area contributed by atoms with Crippen molar-refractivity contribution in [3.8, 4) is 6.07 Å². The Morgan fingerprint density at radius 1 is 1.40 bits per heavy atom. The summed E-state index contributed by atoms with van der Waals surface area (Å²) in [5.74, 6) is 0.922. The second kappa shape index (κ2) is 6.62. The van der Waals surface area contributed by atoms with Crippen LogP contribution in [-0.4, -0.2) is 0 Å². The number of nitriles is 1. The highest BCUT2D eigenvalue weighted by Gasteiger charge is 2.31. The summed E-state index contributed by atoms with van der Waals surface area (Å²) in [6, 6.07) is 2.32. The zero-order chi connectivity index (χ0) is 15.4. The summed E-state index contributed by atoms with van der Waals surface area (Å²) in [5, 5.41) is 9.47.